The van der Waals surface area contributed by atoms with Crippen molar-refractivity contribution in [2.45, 2.75) is 26.3 Å². The zero-order valence-electron chi connectivity index (χ0n) is 10.2. The highest BCUT2D eigenvalue weighted by molar-refractivity contribution is 7.17. The summed E-state index contributed by atoms with van der Waals surface area (Å²) in [5.41, 5.74) is 4.87. The molecule has 3 N–H and O–H groups in total. The van der Waals surface area contributed by atoms with Crippen LogP contribution >= 0.6 is 11.3 Å². The Hall–Kier alpha value is -1.63. The Kier molecular flexibility index (Phi) is 3.72. The van der Waals surface area contributed by atoms with Crippen LogP contribution in [0.25, 0.3) is 0 Å². The van der Waals surface area contributed by atoms with Gasteiger partial charge in [-0.15, -0.1) is 0 Å². The zero-order valence-corrected chi connectivity index (χ0v) is 11.0. The van der Waals surface area contributed by atoms with E-state index in [1.165, 1.54) is 7.11 Å². The van der Waals surface area contributed by atoms with E-state index in [0.717, 1.165) is 11.3 Å². The van der Waals surface area contributed by atoms with Crippen LogP contribution in [0.1, 0.15) is 29.2 Å². The number of aryl methyl sites for hydroxylation is 1. The number of carbonyl (C=O) groups excluding carboxylic acids is 2. The maximum atomic E-state index is 11.4. The van der Waals surface area contributed by atoms with E-state index < -0.39 is 17.4 Å². The molecule has 6 nitrogen and oxygen atoms in total. The van der Waals surface area contributed by atoms with Gasteiger partial charge in [0.05, 0.1) is 12.8 Å². The van der Waals surface area contributed by atoms with Gasteiger partial charge >= 0.3 is 5.97 Å². The van der Waals surface area contributed by atoms with Crippen molar-refractivity contribution in [2.75, 3.05) is 12.4 Å². The van der Waals surface area contributed by atoms with Gasteiger partial charge in [0.1, 0.15) is 10.4 Å². The van der Waals surface area contributed by atoms with E-state index in [4.69, 9.17) is 5.73 Å². The molecule has 0 saturated heterocycles. The van der Waals surface area contributed by atoms with E-state index in [-0.39, 0.29) is 0 Å². The van der Waals surface area contributed by atoms with Gasteiger partial charge in [-0.25, -0.2) is 9.78 Å². The summed E-state index contributed by atoms with van der Waals surface area (Å²) in [6, 6.07) is 0. The Morgan fingerprint density at radius 3 is 2.53 bits per heavy atom. The van der Waals surface area contributed by atoms with Gasteiger partial charge in [0.15, 0.2) is 5.13 Å². The smallest absolute Gasteiger partial charge is 0.350 e. The van der Waals surface area contributed by atoms with E-state index in [9.17, 15) is 9.59 Å². The molecule has 1 aromatic heterocycles. The molecule has 94 valence electrons. The van der Waals surface area contributed by atoms with E-state index in [2.05, 4.69) is 15.0 Å². The Morgan fingerprint density at radius 1 is 1.47 bits per heavy atom. The van der Waals surface area contributed by atoms with Crippen LogP contribution < -0.4 is 11.1 Å². The van der Waals surface area contributed by atoms with Crippen molar-refractivity contribution in [1.82, 2.24) is 4.98 Å². The van der Waals surface area contributed by atoms with Gasteiger partial charge in [-0.1, -0.05) is 11.3 Å². The van der Waals surface area contributed by atoms with Crippen molar-refractivity contribution >= 4 is 28.3 Å². The van der Waals surface area contributed by atoms with Gasteiger partial charge in [-0.3, -0.25) is 4.79 Å². The molecule has 1 aromatic rings. The fourth-order valence-corrected chi connectivity index (χ4v) is 2.10. The molecule has 7 heteroatoms. The lowest BCUT2D eigenvalue weighted by Gasteiger charge is -2.21. The topological polar surface area (TPSA) is 94.3 Å². The van der Waals surface area contributed by atoms with E-state index in [0.29, 0.717) is 15.7 Å². The zero-order chi connectivity index (χ0) is 13.2. The minimum Gasteiger partial charge on any atom is -0.465 e. The molecule has 0 bridgehead atoms. The lowest BCUT2D eigenvalue weighted by molar-refractivity contribution is -0.121. The molecule has 0 unspecified atom stereocenters. The summed E-state index contributed by atoms with van der Waals surface area (Å²) in [6.07, 6.45) is 0. The van der Waals surface area contributed by atoms with Gasteiger partial charge in [0.25, 0.3) is 0 Å². The van der Waals surface area contributed by atoms with Crippen LogP contribution in [0, 0.1) is 6.92 Å². The molecule has 0 aliphatic heterocycles. The molecule has 1 rings (SSSR count). The summed E-state index contributed by atoms with van der Waals surface area (Å²) in [5, 5.41) is 3.35. The van der Waals surface area contributed by atoms with Gasteiger partial charge in [0, 0.05) is 0 Å². The second-order valence-corrected chi connectivity index (χ2v) is 5.04. The van der Waals surface area contributed by atoms with Crippen molar-refractivity contribution in [1.29, 1.82) is 0 Å². The number of primary amides is 1. The molecule has 0 aromatic carbocycles. The van der Waals surface area contributed by atoms with Crippen molar-refractivity contribution in [3.8, 4) is 0 Å². The van der Waals surface area contributed by atoms with Crippen LogP contribution in [0.2, 0.25) is 0 Å². The number of thiazole rings is 1. The largest absolute Gasteiger partial charge is 0.465 e. The number of nitrogens with two attached hydrogens (primary N) is 1. The quantitative estimate of drug-likeness (QED) is 0.782. The highest BCUT2D eigenvalue weighted by Gasteiger charge is 2.27. The fraction of sp³-hybridized carbons (Fsp3) is 0.500. The minimum absolute atomic E-state index is 0.412. The van der Waals surface area contributed by atoms with Gasteiger partial charge < -0.3 is 15.8 Å². The molecule has 0 aliphatic rings. The summed E-state index contributed by atoms with van der Waals surface area (Å²) in [6.45, 7) is 4.99. The van der Waals surface area contributed by atoms with Crippen molar-refractivity contribution in [2.24, 2.45) is 5.73 Å². The average Bonchev–Trinajstić information content (AvgIpc) is 2.57. The van der Waals surface area contributed by atoms with Crippen molar-refractivity contribution in [3.05, 3.63) is 10.6 Å². The molecule has 0 atom stereocenters. The molecule has 0 radical (unpaired) electrons. The maximum Gasteiger partial charge on any atom is 0.350 e. The summed E-state index contributed by atoms with van der Waals surface area (Å²) in [4.78, 5) is 27.1. The third kappa shape index (κ3) is 2.94. The van der Waals surface area contributed by atoms with E-state index >= 15 is 0 Å². The Bertz CT molecular complexity index is 454. The van der Waals surface area contributed by atoms with Crippen LogP contribution in [-0.2, 0) is 9.53 Å². The number of carbonyl (C=O) groups is 2. The summed E-state index contributed by atoms with van der Waals surface area (Å²) >= 11 is 1.13. The summed E-state index contributed by atoms with van der Waals surface area (Å²) < 4.78 is 4.62. The molecule has 0 spiro atoms. The molecule has 1 amide bonds. The standard InChI is InChI=1S/C10H15N3O3S/c1-5-6(7(14)16-4)17-9(12-5)13-10(2,3)8(11)15/h1-4H3,(H2,11,15)(H,12,13). The van der Waals surface area contributed by atoms with Crippen LogP contribution in [-0.4, -0.2) is 29.5 Å². The number of esters is 1. The second-order valence-electron chi connectivity index (χ2n) is 4.04. The average molecular weight is 257 g/mol. The first-order chi connectivity index (χ1) is 7.77. The highest BCUT2D eigenvalue weighted by atomic mass is 32.1. The second kappa shape index (κ2) is 4.70. The number of amides is 1. The molecular formula is C10H15N3O3S. The highest BCUT2D eigenvalue weighted by Crippen LogP contribution is 2.25. The predicted octanol–water partition coefficient (Wildman–Crippen LogP) is 0.914. The number of aromatic nitrogens is 1. The molecular weight excluding hydrogens is 242 g/mol. The lowest BCUT2D eigenvalue weighted by atomic mass is 10.1. The number of methoxy groups -OCH3 is 1. The van der Waals surface area contributed by atoms with E-state index in [1.54, 1.807) is 20.8 Å². The first kappa shape index (κ1) is 13.4. The Morgan fingerprint density at radius 2 is 2.06 bits per heavy atom. The lowest BCUT2D eigenvalue weighted by Crippen LogP contribution is -2.44. The van der Waals surface area contributed by atoms with Crippen molar-refractivity contribution < 1.29 is 14.3 Å². The number of nitrogens with one attached hydrogen (secondary N) is 1. The van der Waals surface area contributed by atoms with Gasteiger partial charge in [0.2, 0.25) is 5.91 Å². The van der Waals surface area contributed by atoms with Crippen LogP contribution in [0.3, 0.4) is 0 Å². The number of hydrogen-bond acceptors (Lipinski definition) is 6. The van der Waals surface area contributed by atoms with Crippen LogP contribution in [0.15, 0.2) is 0 Å². The first-order valence-electron chi connectivity index (χ1n) is 4.91. The Labute approximate surface area is 103 Å². The maximum absolute atomic E-state index is 11.4. The number of nitrogens with zero attached hydrogens (tertiary/aromatic N) is 1. The van der Waals surface area contributed by atoms with Gasteiger partial charge in [-0.05, 0) is 20.8 Å². The normalized spacial score (nSPS) is 11.1. The molecule has 0 saturated carbocycles. The molecule has 17 heavy (non-hydrogen) atoms. The minimum atomic E-state index is -0.919. The number of anilines is 1. The third-order valence-electron chi connectivity index (χ3n) is 2.20. The van der Waals surface area contributed by atoms with Crippen LogP contribution in [0.4, 0.5) is 5.13 Å². The fourth-order valence-electron chi connectivity index (χ4n) is 1.06. The third-order valence-corrected chi connectivity index (χ3v) is 3.26. The summed E-state index contributed by atoms with van der Waals surface area (Å²) in [7, 11) is 1.31. The van der Waals surface area contributed by atoms with Gasteiger partial charge in [-0.2, -0.15) is 0 Å². The van der Waals surface area contributed by atoms with Crippen molar-refractivity contribution in [3.63, 3.8) is 0 Å². The SMILES string of the molecule is COC(=O)c1sc(NC(C)(C)C(N)=O)nc1C. The number of ether oxygens (including phenoxy) is 1. The van der Waals surface area contributed by atoms with Crippen LogP contribution in [0.5, 0.6) is 0 Å². The molecule has 1 heterocycles. The number of hydrogen-bond donors (Lipinski definition) is 2. The first-order valence-corrected chi connectivity index (χ1v) is 5.73. The van der Waals surface area contributed by atoms with E-state index in [1.807, 2.05) is 0 Å². The summed E-state index contributed by atoms with van der Waals surface area (Å²) in [5.74, 6) is -0.935. The molecule has 0 fully saturated rings. The monoisotopic (exact) mass is 257 g/mol. The predicted molar refractivity (Wildman–Crippen MR) is 65.1 cm³/mol. The number of rotatable bonds is 4. The molecule has 0 aliphatic carbocycles. The Balaban J connectivity index is 2.95.